The molecule has 0 aromatic heterocycles. The number of carbonyl (C=O) groups excluding carboxylic acids is 1. The number of alkyl halides is 3. The number of alkyl carbamates (subject to hydrolysis) is 1. The summed E-state index contributed by atoms with van der Waals surface area (Å²) >= 11 is 0. The highest BCUT2D eigenvalue weighted by Crippen LogP contribution is 2.37. The maximum Gasteiger partial charge on any atom is 0.407 e. The number of halogens is 4. The third kappa shape index (κ3) is 6.90. The number of piperidine rings is 1. The summed E-state index contributed by atoms with van der Waals surface area (Å²) in [5.41, 5.74) is 0.999. The fourth-order valence-electron chi connectivity index (χ4n) is 4.60. The van der Waals surface area contributed by atoms with E-state index < -0.39 is 23.8 Å². The van der Waals surface area contributed by atoms with Crippen molar-refractivity contribution in [1.82, 2.24) is 5.32 Å². The summed E-state index contributed by atoms with van der Waals surface area (Å²) in [6.45, 7) is 7.56. The molecule has 0 spiro atoms. The first-order valence-corrected chi connectivity index (χ1v) is 11.7. The van der Waals surface area contributed by atoms with Crippen molar-refractivity contribution in [3.63, 3.8) is 0 Å². The van der Waals surface area contributed by atoms with Gasteiger partial charge in [-0.15, -0.1) is 0 Å². The molecule has 186 valence electrons. The minimum Gasteiger partial charge on any atom is -0.444 e. The fourth-order valence-corrected chi connectivity index (χ4v) is 4.60. The lowest BCUT2D eigenvalue weighted by molar-refractivity contribution is -0.179. The number of amides is 1. The molecule has 1 aliphatic carbocycles. The Morgan fingerprint density at radius 3 is 2.12 bits per heavy atom. The Morgan fingerprint density at radius 1 is 1.00 bits per heavy atom. The predicted octanol–water partition coefficient (Wildman–Crippen LogP) is 6.16. The van der Waals surface area contributed by atoms with E-state index in [1.165, 1.54) is 0 Å². The van der Waals surface area contributed by atoms with Crippen molar-refractivity contribution in [2.45, 2.75) is 90.1 Å². The Bertz CT molecular complexity index is 822. The number of nitrogens with one attached hydrogen (secondary N) is 2. The molecule has 9 heteroatoms. The molecule has 1 aromatic rings. The van der Waals surface area contributed by atoms with E-state index >= 15 is 4.39 Å². The van der Waals surface area contributed by atoms with Gasteiger partial charge in [0.05, 0.1) is 11.6 Å². The topological polar surface area (TPSA) is 53.6 Å². The number of nitrogens with zero attached hydrogens (tertiary/aromatic N) is 1. The van der Waals surface area contributed by atoms with Crippen molar-refractivity contribution in [3.05, 3.63) is 23.5 Å². The maximum atomic E-state index is 15.1. The lowest BCUT2D eigenvalue weighted by Crippen LogP contribution is -2.42. The quantitative estimate of drug-likeness (QED) is 0.514. The van der Waals surface area contributed by atoms with Gasteiger partial charge in [-0.3, -0.25) is 0 Å². The van der Waals surface area contributed by atoms with Crippen LogP contribution in [0.5, 0.6) is 0 Å². The molecule has 1 saturated heterocycles. The van der Waals surface area contributed by atoms with Crippen molar-refractivity contribution in [2.24, 2.45) is 5.92 Å². The zero-order valence-corrected chi connectivity index (χ0v) is 19.8. The summed E-state index contributed by atoms with van der Waals surface area (Å²) in [6.07, 6.45) is -1.37. The minimum absolute atomic E-state index is 0.0113. The third-order valence-corrected chi connectivity index (χ3v) is 6.47. The number of hydrogen-bond donors (Lipinski definition) is 2. The molecule has 1 heterocycles. The summed E-state index contributed by atoms with van der Waals surface area (Å²) in [4.78, 5) is 13.7. The van der Waals surface area contributed by atoms with Gasteiger partial charge in [0.15, 0.2) is 5.82 Å². The minimum atomic E-state index is -4.18. The molecule has 0 unspecified atom stereocenters. The first kappa shape index (κ1) is 25.4. The normalized spacial score (nSPS) is 22.7. The Morgan fingerprint density at radius 2 is 1.58 bits per heavy atom. The van der Waals surface area contributed by atoms with Gasteiger partial charge in [-0.2, -0.15) is 13.2 Å². The first-order chi connectivity index (χ1) is 15.3. The molecule has 2 N–H and O–H groups in total. The second-order valence-corrected chi connectivity index (χ2v) is 10.2. The third-order valence-electron chi connectivity index (χ3n) is 6.47. The van der Waals surface area contributed by atoms with Crippen LogP contribution in [0, 0.1) is 18.7 Å². The zero-order chi connectivity index (χ0) is 24.4. The van der Waals surface area contributed by atoms with E-state index in [1.807, 2.05) is 26.8 Å². The van der Waals surface area contributed by atoms with Crippen LogP contribution in [-0.2, 0) is 4.74 Å². The average molecular weight is 474 g/mol. The van der Waals surface area contributed by atoms with Crippen molar-refractivity contribution >= 4 is 17.5 Å². The Labute approximate surface area is 193 Å². The van der Waals surface area contributed by atoms with Crippen molar-refractivity contribution in [1.29, 1.82) is 0 Å². The fraction of sp³-hybridized carbons (Fsp3) is 0.708. The van der Waals surface area contributed by atoms with Gasteiger partial charge in [0.2, 0.25) is 0 Å². The van der Waals surface area contributed by atoms with Crippen molar-refractivity contribution in [3.8, 4) is 0 Å². The van der Waals surface area contributed by atoms with Crippen LogP contribution in [0.25, 0.3) is 0 Å². The molecule has 33 heavy (non-hydrogen) atoms. The van der Waals surface area contributed by atoms with E-state index in [9.17, 15) is 18.0 Å². The molecule has 5 nitrogen and oxygen atoms in total. The summed E-state index contributed by atoms with van der Waals surface area (Å²) in [5, 5.41) is 6.32. The standard InChI is InChI=1S/C24H35F4N3O2/c1-15-19(29-17-5-7-18(8-6-17)30-22(32)33-23(2,3)4)9-10-20(21(15)25)31-13-11-16(12-14-31)24(26,27)28/h9-10,16-18,29H,5-8,11-14H2,1-4H3,(H,30,32). The van der Waals surface area contributed by atoms with Gasteiger partial charge in [0, 0.05) is 36.4 Å². The molecule has 0 bridgehead atoms. The van der Waals surface area contributed by atoms with Gasteiger partial charge >= 0.3 is 12.3 Å². The second-order valence-electron chi connectivity index (χ2n) is 10.2. The molecular formula is C24H35F4N3O2. The van der Waals surface area contributed by atoms with Gasteiger partial charge < -0.3 is 20.3 Å². The molecule has 2 fully saturated rings. The van der Waals surface area contributed by atoms with E-state index in [0.717, 1.165) is 25.7 Å². The Kier molecular flexibility index (Phi) is 7.69. The highest BCUT2D eigenvalue weighted by molar-refractivity contribution is 5.68. The molecule has 2 aliphatic rings. The van der Waals surface area contributed by atoms with E-state index in [2.05, 4.69) is 10.6 Å². The lowest BCUT2D eigenvalue weighted by Gasteiger charge is -2.35. The van der Waals surface area contributed by atoms with E-state index in [1.54, 1.807) is 17.9 Å². The molecule has 1 saturated carbocycles. The molecular weight excluding hydrogens is 438 g/mol. The predicted molar refractivity (Wildman–Crippen MR) is 121 cm³/mol. The summed E-state index contributed by atoms with van der Waals surface area (Å²) in [5.74, 6) is -1.69. The molecule has 0 radical (unpaired) electrons. The Hall–Kier alpha value is -2.19. The van der Waals surface area contributed by atoms with Crippen molar-refractivity contribution in [2.75, 3.05) is 23.3 Å². The van der Waals surface area contributed by atoms with Gasteiger partial charge in [0.25, 0.3) is 0 Å². The van der Waals surface area contributed by atoms with Gasteiger partial charge in [-0.1, -0.05) is 0 Å². The number of anilines is 2. The SMILES string of the molecule is Cc1c(NC2CCC(NC(=O)OC(C)(C)C)CC2)ccc(N2CCC(C(F)(F)F)CC2)c1F. The van der Waals surface area contributed by atoms with Crippen LogP contribution >= 0.6 is 0 Å². The smallest absolute Gasteiger partial charge is 0.407 e. The molecule has 3 rings (SSSR count). The van der Waals surface area contributed by atoms with E-state index in [4.69, 9.17) is 4.74 Å². The maximum absolute atomic E-state index is 15.1. The highest BCUT2D eigenvalue weighted by Gasteiger charge is 2.41. The average Bonchev–Trinajstić information content (AvgIpc) is 2.71. The molecule has 1 amide bonds. The zero-order valence-electron chi connectivity index (χ0n) is 19.8. The van der Waals surface area contributed by atoms with Crippen LogP contribution in [0.3, 0.4) is 0 Å². The largest absolute Gasteiger partial charge is 0.444 e. The van der Waals surface area contributed by atoms with Gasteiger partial charge in [-0.05, 0) is 78.4 Å². The lowest BCUT2D eigenvalue weighted by atomic mass is 9.91. The van der Waals surface area contributed by atoms with Gasteiger partial charge in [-0.25, -0.2) is 9.18 Å². The van der Waals surface area contributed by atoms with Gasteiger partial charge in [0.1, 0.15) is 5.60 Å². The number of ether oxygens (including phenoxy) is 1. The number of rotatable bonds is 4. The van der Waals surface area contributed by atoms with Crippen LogP contribution < -0.4 is 15.5 Å². The van der Waals surface area contributed by atoms with E-state index in [-0.39, 0.29) is 43.8 Å². The first-order valence-electron chi connectivity index (χ1n) is 11.7. The molecule has 1 aliphatic heterocycles. The summed E-state index contributed by atoms with van der Waals surface area (Å²) < 4.78 is 59.2. The van der Waals surface area contributed by atoms with Crippen molar-refractivity contribution < 1.29 is 27.1 Å². The second kappa shape index (κ2) is 9.97. The summed E-state index contributed by atoms with van der Waals surface area (Å²) in [7, 11) is 0. The van der Waals surface area contributed by atoms with Crippen LogP contribution in [-0.4, -0.2) is 43.0 Å². The van der Waals surface area contributed by atoms with Crippen LogP contribution in [0.4, 0.5) is 33.7 Å². The van der Waals surface area contributed by atoms with Crippen LogP contribution in [0.15, 0.2) is 12.1 Å². The monoisotopic (exact) mass is 473 g/mol. The Balaban J connectivity index is 1.53. The number of carbonyl (C=O) groups is 1. The van der Waals surface area contributed by atoms with E-state index in [0.29, 0.717) is 16.9 Å². The van der Waals surface area contributed by atoms with Crippen LogP contribution in [0.1, 0.15) is 64.9 Å². The highest BCUT2D eigenvalue weighted by atomic mass is 19.4. The number of hydrogen-bond acceptors (Lipinski definition) is 4. The number of benzene rings is 1. The molecule has 1 aromatic carbocycles. The van der Waals surface area contributed by atoms with Crippen LogP contribution in [0.2, 0.25) is 0 Å². The summed E-state index contributed by atoms with van der Waals surface area (Å²) in [6, 6.07) is 3.69. The molecule has 0 atom stereocenters.